The smallest absolute Gasteiger partial charge is 0.0133 e. The lowest BCUT2D eigenvalue weighted by atomic mass is 9.69. The Bertz CT molecular complexity index is 1330. The molecule has 0 nitrogen and oxygen atoms in total. The van der Waals surface area contributed by atoms with Gasteiger partial charge in [-0.05, 0) is 62.3 Å². The fourth-order valence-electron chi connectivity index (χ4n) is 6.12. The largest absolute Gasteiger partial charge is 0.0760 e. The minimum absolute atomic E-state index is 0.411. The summed E-state index contributed by atoms with van der Waals surface area (Å²) in [5, 5.41) is 5.72. The second-order valence-corrected chi connectivity index (χ2v) is 9.41. The van der Waals surface area contributed by atoms with Crippen LogP contribution in [-0.2, 0) is 0 Å². The van der Waals surface area contributed by atoms with Gasteiger partial charge >= 0.3 is 0 Å². The summed E-state index contributed by atoms with van der Waals surface area (Å²) in [7, 11) is 0. The number of hydrogen-bond donors (Lipinski definition) is 0. The van der Waals surface area contributed by atoms with Crippen LogP contribution >= 0.6 is 0 Å². The maximum Gasteiger partial charge on any atom is 0.0133 e. The first-order valence-corrected chi connectivity index (χ1v) is 12.5. The topological polar surface area (TPSA) is 0 Å². The van der Waals surface area contributed by atoms with Gasteiger partial charge < -0.3 is 0 Å². The summed E-state index contributed by atoms with van der Waals surface area (Å²) in [6.45, 7) is 4.73. The molecule has 0 saturated carbocycles. The van der Waals surface area contributed by atoms with Crippen molar-refractivity contribution in [3.8, 4) is 0 Å². The summed E-state index contributed by atoms with van der Waals surface area (Å²) in [6, 6.07) is 29.4. The first-order chi connectivity index (χ1) is 15.8. The van der Waals surface area contributed by atoms with Crippen LogP contribution < -0.4 is 20.9 Å². The Morgan fingerprint density at radius 2 is 1.28 bits per heavy atom. The van der Waals surface area contributed by atoms with Gasteiger partial charge in [-0.3, -0.25) is 0 Å². The fourth-order valence-corrected chi connectivity index (χ4v) is 6.12. The van der Waals surface area contributed by atoms with Gasteiger partial charge in [0.25, 0.3) is 0 Å². The Balaban J connectivity index is 1.87. The molecular weight excluding hydrogens is 384 g/mol. The highest BCUT2D eigenvalue weighted by Gasteiger charge is 2.32. The van der Waals surface area contributed by atoms with Crippen LogP contribution in [0.15, 0.2) is 78.9 Å². The molecule has 0 radical (unpaired) electrons. The van der Waals surface area contributed by atoms with Gasteiger partial charge in [0.2, 0.25) is 0 Å². The van der Waals surface area contributed by atoms with Crippen molar-refractivity contribution < 1.29 is 0 Å². The molecule has 0 heteroatoms. The Hall–Kier alpha value is -2.86. The third-order valence-corrected chi connectivity index (χ3v) is 7.63. The van der Waals surface area contributed by atoms with Crippen molar-refractivity contribution in [2.75, 3.05) is 0 Å². The molecule has 0 spiro atoms. The maximum absolute atomic E-state index is 2.50. The van der Waals surface area contributed by atoms with Crippen molar-refractivity contribution in [1.82, 2.24) is 0 Å². The molecule has 0 aromatic heterocycles. The molecule has 0 heterocycles. The maximum atomic E-state index is 2.50. The van der Waals surface area contributed by atoms with E-state index < -0.39 is 0 Å². The molecule has 2 aliphatic carbocycles. The van der Waals surface area contributed by atoms with E-state index in [1.54, 1.807) is 11.1 Å². The zero-order valence-electron chi connectivity index (χ0n) is 19.4. The first kappa shape index (κ1) is 21.0. The van der Waals surface area contributed by atoms with E-state index in [0.717, 1.165) is 18.8 Å². The van der Waals surface area contributed by atoms with Crippen molar-refractivity contribution in [1.29, 1.82) is 0 Å². The molecule has 0 N–H and O–H groups in total. The van der Waals surface area contributed by atoms with Crippen molar-refractivity contribution in [2.24, 2.45) is 11.8 Å². The standard InChI is InChI=1S/C32H34/c1-3-12-23(4-2)29-21-19-25-15-8-10-17-27(25)31(29)32-28-18-11-9-16-26(28)20-22-30(32)24-13-6-5-7-14-24/h5-11,13-20,23,29-30H,3-4,12,21-22H2,1-2H3/t23?,29-,30-/m1/s1. The van der Waals surface area contributed by atoms with Gasteiger partial charge in [0.15, 0.2) is 0 Å². The lowest BCUT2D eigenvalue weighted by Crippen LogP contribution is -2.40. The molecule has 0 aliphatic heterocycles. The van der Waals surface area contributed by atoms with E-state index in [9.17, 15) is 0 Å². The van der Waals surface area contributed by atoms with E-state index in [1.807, 2.05) is 0 Å². The molecule has 3 aromatic carbocycles. The highest BCUT2D eigenvalue weighted by Crippen LogP contribution is 2.43. The van der Waals surface area contributed by atoms with Crippen LogP contribution in [0, 0.1) is 11.8 Å². The lowest BCUT2D eigenvalue weighted by Gasteiger charge is -2.35. The normalized spacial score (nSPS) is 20.6. The Morgan fingerprint density at radius 1 is 0.688 bits per heavy atom. The second kappa shape index (κ2) is 9.33. The van der Waals surface area contributed by atoms with Gasteiger partial charge in [-0.1, -0.05) is 124 Å². The van der Waals surface area contributed by atoms with Crippen LogP contribution in [0.1, 0.15) is 57.4 Å². The van der Waals surface area contributed by atoms with Crippen molar-refractivity contribution >= 4 is 23.3 Å². The summed E-state index contributed by atoms with van der Waals surface area (Å²) in [6.07, 6.45) is 11.0. The van der Waals surface area contributed by atoms with Crippen LogP contribution in [0.2, 0.25) is 0 Å². The van der Waals surface area contributed by atoms with Gasteiger partial charge in [0, 0.05) is 5.92 Å². The molecular formula is C32H34. The quantitative estimate of drug-likeness (QED) is 0.511. The van der Waals surface area contributed by atoms with Gasteiger partial charge in [-0.25, -0.2) is 0 Å². The monoisotopic (exact) mass is 418 g/mol. The summed E-state index contributed by atoms with van der Waals surface area (Å²) in [4.78, 5) is 0. The van der Waals surface area contributed by atoms with E-state index in [1.165, 1.54) is 45.7 Å². The zero-order valence-corrected chi connectivity index (χ0v) is 19.4. The molecule has 3 atom stereocenters. The summed E-state index contributed by atoms with van der Waals surface area (Å²) >= 11 is 0. The summed E-state index contributed by atoms with van der Waals surface area (Å²) in [5.41, 5.74) is 4.64. The Morgan fingerprint density at radius 3 is 1.94 bits per heavy atom. The molecule has 0 fully saturated rings. The molecule has 3 aromatic rings. The molecule has 5 rings (SSSR count). The minimum atomic E-state index is 0.411. The molecule has 0 amide bonds. The second-order valence-electron chi connectivity index (χ2n) is 9.41. The number of fused-ring (bicyclic) bond motifs is 2. The highest BCUT2D eigenvalue weighted by molar-refractivity contribution is 5.94. The third kappa shape index (κ3) is 3.77. The van der Waals surface area contributed by atoms with Gasteiger partial charge in [0.1, 0.15) is 0 Å². The number of hydrogen-bond acceptors (Lipinski definition) is 0. The summed E-state index contributed by atoms with van der Waals surface area (Å²) in [5.74, 6) is 1.72. The van der Waals surface area contributed by atoms with Crippen LogP contribution in [0.3, 0.4) is 0 Å². The van der Waals surface area contributed by atoms with E-state index in [2.05, 4.69) is 105 Å². The van der Waals surface area contributed by atoms with Gasteiger partial charge in [-0.2, -0.15) is 0 Å². The summed E-state index contributed by atoms with van der Waals surface area (Å²) < 4.78 is 0. The van der Waals surface area contributed by atoms with Crippen molar-refractivity contribution in [3.05, 3.63) is 105 Å². The van der Waals surface area contributed by atoms with Gasteiger partial charge in [-0.15, -0.1) is 0 Å². The predicted molar refractivity (Wildman–Crippen MR) is 138 cm³/mol. The van der Waals surface area contributed by atoms with Crippen molar-refractivity contribution in [2.45, 2.75) is 51.9 Å². The average molecular weight is 419 g/mol. The van der Waals surface area contributed by atoms with E-state index in [-0.39, 0.29) is 0 Å². The van der Waals surface area contributed by atoms with Crippen LogP contribution in [0.4, 0.5) is 0 Å². The molecule has 2 aliphatic rings. The first-order valence-electron chi connectivity index (χ1n) is 12.5. The minimum Gasteiger partial charge on any atom is -0.0760 e. The molecule has 162 valence electrons. The van der Waals surface area contributed by atoms with E-state index in [0.29, 0.717) is 11.8 Å². The third-order valence-electron chi connectivity index (χ3n) is 7.63. The van der Waals surface area contributed by atoms with E-state index >= 15 is 0 Å². The Kier molecular flexibility index (Phi) is 6.12. The van der Waals surface area contributed by atoms with Gasteiger partial charge in [0.05, 0.1) is 0 Å². The van der Waals surface area contributed by atoms with Crippen molar-refractivity contribution in [3.63, 3.8) is 0 Å². The average Bonchev–Trinajstić information content (AvgIpc) is 2.86. The number of benzene rings is 3. The Labute approximate surface area is 192 Å². The van der Waals surface area contributed by atoms with E-state index in [4.69, 9.17) is 0 Å². The lowest BCUT2D eigenvalue weighted by molar-refractivity contribution is 0.369. The van der Waals surface area contributed by atoms with Crippen LogP contribution in [-0.4, -0.2) is 0 Å². The van der Waals surface area contributed by atoms with Crippen LogP contribution in [0.25, 0.3) is 23.3 Å². The number of rotatable bonds is 6. The molecule has 1 unspecified atom stereocenters. The predicted octanol–water partition coefficient (Wildman–Crippen LogP) is 5.28. The highest BCUT2D eigenvalue weighted by atomic mass is 14.4. The van der Waals surface area contributed by atoms with Crippen LogP contribution in [0.5, 0.6) is 0 Å². The molecule has 0 bridgehead atoms. The fraction of sp³-hybridized carbons (Fsp3) is 0.312. The zero-order chi connectivity index (χ0) is 21.9. The SMILES string of the molecule is CCCC(CC)[C@H]1CC=c2ccccc2=C1C1=c2ccccc2=CC[C@@H]1c1ccccc1. The molecule has 0 saturated heterocycles. The molecule has 32 heavy (non-hydrogen) atoms.